The van der Waals surface area contributed by atoms with E-state index in [9.17, 15) is 14.7 Å². The Hall–Kier alpha value is -1.78. The van der Waals surface area contributed by atoms with E-state index in [4.69, 9.17) is 0 Å². The van der Waals surface area contributed by atoms with Crippen molar-refractivity contribution in [3.8, 4) is 5.75 Å². The van der Waals surface area contributed by atoms with Crippen LogP contribution < -0.4 is 5.56 Å². The Kier molecular flexibility index (Phi) is 2.92. The van der Waals surface area contributed by atoms with Gasteiger partial charge in [0.05, 0.1) is 12.7 Å². The number of methoxy groups -OCH3 is 1. The second-order valence-corrected chi connectivity index (χ2v) is 4.20. The van der Waals surface area contributed by atoms with E-state index in [1.807, 2.05) is 0 Å². The average molecular weight is 237 g/mol. The molecule has 17 heavy (non-hydrogen) atoms. The van der Waals surface area contributed by atoms with Gasteiger partial charge in [-0.05, 0) is 26.2 Å². The molecule has 0 aliphatic carbocycles. The van der Waals surface area contributed by atoms with E-state index in [1.165, 1.54) is 14.0 Å². The van der Waals surface area contributed by atoms with Crippen LogP contribution in [0.2, 0.25) is 0 Å². The van der Waals surface area contributed by atoms with Gasteiger partial charge in [-0.3, -0.25) is 4.79 Å². The Morgan fingerprint density at radius 3 is 2.76 bits per heavy atom. The highest BCUT2D eigenvalue weighted by atomic mass is 16.5. The first-order chi connectivity index (χ1) is 8.07. The SMILES string of the molecule is COC(=O)c1c(O)c(C)c(=O)n2c1CCCC2. The summed E-state index contributed by atoms with van der Waals surface area (Å²) in [6.45, 7) is 2.12. The third-order valence-electron chi connectivity index (χ3n) is 3.21. The molecule has 0 radical (unpaired) electrons. The van der Waals surface area contributed by atoms with Gasteiger partial charge in [0.1, 0.15) is 11.3 Å². The maximum atomic E-state index is 11.9. The number of carbonyl (C=O) groups excluding carboxylic acids is 1. The minimum absolute atomic E-state index is 0.143. The normalized spacial score (nSPS) is 14.2. The minimum Gasteiger partial charge on any atom is -0.506 e. The molecule has 0 bridgehead atoms. The van der Waals surface area contributed by atoms with Crippen LogP contribution in [0.4, 0.5) is 0 Å². The standard InChI is InChI=1S/C12H15NO4/c1-7-10(14)9(12(16)17-2)8-5-3-4-6-13(8)11(7)15/h14H,3-6H2,1-2H3. The molecule has 0 unspecified atom stereocenters. The predicted octanol–water partition coefficient (Wildman–Crippen LogP) is 0.985. The lowest BCUT2D eigenvalue weighted by molar-refractivity contribution is 0.0593. The maximum Gasteiger partial charge on any atom is 0.343 e. The third-order valence-corrected chi connectivity index (χ3v) is 3.21. The summed E-state index contributed by atoms with van der Waals surface area (Å²) in [5.41, 5.74) is 0.724. The summed E-state index contributed by atoms with van der Waals surface area (Å²) >= 11 is 0. The lowest BCUT2D eigenvalue weighted by atomic mass is 10.0. The fourth-order valence-electron chi connectivity index (χ4n) is 2.26. The molecule has 5 nitrogen and oxygen atoms in total. The topological polar surface area (TPSA) is 68.5 Å². The number of aromatic nitrogens is 1. The van der Waals surface area contributed by atoms with Gasteiger partial charge in [0.25, 0.3) is 5.56 Å². The molecule has 1 aliphatic rings. The summed E-state index contributed by atoms with van der Waals surface area (Å²) in [7, 11) is 1.27. The average Bonchev–Trinajstić information content (AvgIpc) is 2.36. The van der Waals surface area contributed by atoms with Crippen LogP contribution >= 0.6 is 0 Å². The summed E-state index contributed by atoms with van der Waals surface area (Å²) in [6.07, 6.45) is 2.44. The number of rotatable bonds is 1. The van der Waals surface area contributed by atoms with Crippen molar-refractivity contribution in [1.29, 1.82) is 0 Å². The monoisotopic (exact) mass is 237 g/mol. The molecular weight excluding hydrogens is 222 g/mol. The van der Waals surface area contributed by atoms with E-state index in [1.54, 1.807) is 4.57 Å². The highest BCUT2D eigenvalue weighted by molar-refractivity contribution is 5.94. The molecule has 5 heteroatoms. The molecule has 0 saturated heterocycles. The summed E-state index contributed by atoms with van der Waals surface area (Å²) in [5, 5.41) is 9.92. The van der Waals surface area contributed by atoms with Gasteiger partial charge in [0.2, 0.25) is 0 Å². The van der Waals surface area contributed by atoms with Gasteiger partial charge >= 0.3 is 5.97 Å². The van der Waals surface area contributed by atoms with Gasteiger partial charge in [-0.25, -0.2) is 4.79 Å². The number of hydrogen-bond acceptors (Lipinski definition) is 4. The van der Waals surface area contributed by atoms with Crippen LogP contribution in [0, 0.1) is 6.92 Å². The van der Waals surface area contributed by atoms with Gasteiger partial charge in [0.15, 0.2) is 0 Å². The Labute approximate surface area is 98.6 Å². The molecule has 1 N–H and O–H groups in total. The van der Waals surface area contributed by atoms with Crippen molar-refractivity contribution >= 4 is 5.97 Å². The second kappa shape index (κ2) is 4.24. The zero-order chi connectivity index (χ0) is 12.6. The van der Waals surface area contributed by atoms with Gasteiger partial charge in [0, 0.05) is 12.2 Å². The van der Waals surface area contributed by atoms with E-state index < -0.39 is 5.97 Å². The molecule has 0 spiro atoms. The predicted molar refractivity (Wildman–Crippen MR) is 61.4 cm³/mol. The first kappa shape index (κ1) is 11.7. The highest BCUT2D eigenvalue weighted by Gasteiger charge is 2.26. The van der Waals surface area contributed by atoms with Crippen LogP contribution in [-0.2, 0) is 17.7 Å². The molecule has 92 valence electrons. The van der Waals surface area contributed by atoms with Crippen molar-refractivity contribution in [3.63, 3.8) is 0 Å². The van der Waals surface area contributed by atoms with Crippen molar-refractivity contribution in [1.82, 2.24) is 4.57 Å². The molecule has 1 aromatic rings. The van der Waals surface area contributed by atoms with Crippen LogP contribution in [0.1, 0.15) is 34.5 Å². The number of pyridine rings is 1. The van der Waals surface area contributed by atoms with Crippen LogP contribution in [0.25, 0.3) is 0 Å². The van der Waals surface area contributed by atoms with Crippen molar-refractivity contribution in [3.05, 3.63) is 27.2 Å². The summed E-state index contributed by atoms with van der Waals surface area (Å²) in [4.78, 5) is 23.6. The van der Waals surface area contributed by atoms with Crippen molar-refractivity contribution in [2.75, 3.05) is 7.11 Å². The molecule has 0 amide bonds. The fourth-order valence-corrected chi connectivity index (χ4v) is 2.26. The lowest BCUT2D eigenvalue weighted by Gasteiger charge is -2.22. The lowest BCUT2D eigenvalue weighted by Crippen LogP contribution is -2.31. The first-order valence-electron chi connectivity index (χ1n) is 5.61. The van der Waals surface area contributed by atoms with Crippen molar-refractivity contribution < 1.29 is 14.6 Å². The fraction of sp³-hybridized carbons (Fsp3) is 0.500. The molecule has 2 heterocycles. The first-order valence-corrected chi connectivity index (χ1v) is 5.61. The molecule has 2 rings (SSSR count). The van der Waals surface area contributed by atoms with E-state index in [0.717, 1.165) is 12.8 Å². The van der Waals surface area contributed by atoms with Crippen LogP contribution in [0.15, 0.2) is 4.79 Å². The molecule has 0 fully saturated rings. The maximum absolute atomic E-state index is 11.9. The molecular formula is C12H15NO4. The Morgan fingerprint density at radius 1 is 1.41 bits per heavy atom. The molecule has 0 saturated carbocycles. The third kappa shape index (κ3) is 1.71. The smallest absolute Gasteiger partial charge is 0.343 e. The zero-order valence-corrected chi connectivity index (χ0v) is 9.95. The van der Waals surface area contributed by atoms with E-state index >= 15 is 0 Å². The number of hydrogen-bond donors (Lipinski definition) is 1. The van der Waals surface area contributed by atoms with Crippen LogP contribution in [0.5, 0.6) is 5.75 Å². The molecule has 0 aromatic carbocycles. The number of nitrogens with zero attached hydrogens (tertiary/aromatic N) is 1. The van der Waals surface area contributed by atoms with Gasteiger partial charge < -0.3 is 14.4 Å². The molecule has 0 atom stereocenters. The quantitative estimate of drug-likeness (QED) is 0.739. The van der Waals surface area contributed by atoms with Crippen LogP contribution in [0.3, 0.4) is 0 Å². The van der Waals surface area contributed by atoms with Crippen LogP contribution in [-0.4, -0.2) is 22.8 Å². The molecule has 1 aromatic heterocycles. The highest BCUT2D eigenvalue weighted by Crippen LogP contribution is 2.27. The number of carbonyl (C=O) groups is 1. The van der Waals surface area contributed by atoms with Crippen molar-refractivity contribution in [2.45, 2.75) is 32.7 Å². The number of esters is 1. The number of fused-ring (bicyclic) bond motifs is 1. The van der Waals surface area contributed by atoms with E-state index in [0.29, 0.717) is 18.7 Å². The Balaban J connectivity index is 2.77. The number of aromatic hydroxyl groups is 1. The number of ether oxygens (including phenoxy) is 1. The second-order valence-electron chi connectivity index (χ2n) is 4.20. The Bertz CT molecular complexity index is 530. The minimum atomic E-state index is -0.587. The summed E-state index contributed by atoms with van der Waals surface area (Å²) in [6, 6.07) is 0. The zero-order valence-electron chi connectivity index (χ0n) is 9.95. The van der Waals surface area contributed by atoms with Gasteiger partial charge in [-0.15, -0.1) is 0 Å². The summed E-state index contributed by atoms with van der Waals surface area (Å²) < 4.78 is 6.24. The van der Waals surface area contributed by atoms with Gasteiger partial charge in [-0.2, -0.15) is 0 Å². The van der Waals surface area contributed by atoms with Crippen molar-refractivity contribution in [2.24, 2.45) is 0 Å². The summed E-state index contributed by atoms with van der Waals surface area (Å²) in [5.74, 6) is -0.828. The van der Waals surface area contributed by atoms with E-state index in [2.05, 4.69) is 4.74 Å². The van der Waals surface area contributed by atoms with E-state index in [-0.39, 0.29) is 22.4 Å². The molecule has 1 aliphatic heterocycles. The Morgan fingerprint density at radius 2 is 2.12 bits per heavy atom. The van der Waals surface area contributed by atoms with Gasteiger partial charge in [-0.1, -0.05) is 0 Å². The largest absolute Gasteiger partial charge is 0.506 e.